The fourth-order valence-corrected chi connectivity index (χ4v) is 4.51. The molecule has 0 unspecified atom stereocenters. The highest BCUT2D eigenvalue weighted by Crippen LogP contribution is 2.26. The van der Waals surface area contributed by atoms with E-state index in [9.17, 15) is 24.0 Å². The van der Waals surface area contributed by atoms with Crippen molar-refractivity contribution in [3.8, 4) is 0 Å². The van der Waals surface area contributed by atoms with Crippen LogP contribution in [0.4, 0.5) is 0 Å². The normalized spacial score (nSPS) is 22.9. The van der Waals surface area contributed by atoms with Gasteiger partial charge >= 0.3 is 0 Å². The number of carbonyl (C=O) groups excluding carboxylic acids is 5. The van der Waals surface area contributed by atoms with E-state index in [4.69, 9.17) is 9.47 Å². The van der Waals surface area contributed by atoms with Crippen LogP contribution in [0.15, 0.2) is 73.3 Å². The van der Waals surface area contributed by atoms with Crippen molar-refractivity contribution in [3.05, 3.63) is 84.4 Å². The molecule has 0 spiro atoms. The minimum Gasteiger partial charge on any atom is -0.363 e. The average molecular weight is 535 g/mol. The summed E-state index contributed by atoms with van der Waals surface area (Å²) in [5.41, 5.74) is -1.26. The molecule has 9 nitrogen and oxygen atoms in total. The molecule has 0 aromatic heterocycles. The van der Waals surface area contributed by atoms with Crippen LogP contribution in [0.1, 0.15) is 54.3 Å². The number of rotatable bonds is 6. The monoisotopic (exact) mass is 534 g/mol. The molecule has 0 radical (unpaired) electrons. The summed E-state index contributed by atoms with van der Waals surface area (Å²) in [7, 11) is 0. The number of ketones is 1. The van der Waals surface area contributed by atoms with E-state index in [1.165, 1.54) is 16.7 Å². The maximum Gasteiger partial charge on any atom is 0.261 e. The topological polar surface area (TPSA) is 110 Å². The van der Waals surface area contributed by atoms with Crippen LogP contribution in [0.2, 0.25) is 0 Å². The highest BCUT2D eigenvalue weighted by molar-refractivity contribution is 6.08. The molecule has 2 aromatic carbocycles. The molecule has 39 heavy (non-hydrogen) atoms. The Morgan fingerprint density at radius 1 is 0.795 bits per heavy atom. The SMILES string of the molecule is C=CC[C@]1(C)OCCN(C(=O)c2ccccc2)C1=O.CC(=O)C[C@]1(C)OCCN(C(=O)c2ccccc2)C1=O. The zero-order chi connectivity index (χ0) is 28.6. The molecule has 2 aromatic rings. The summed E-state index contributed by atoms with van der Waals surface area (Å²) >= 11 is 0. The van der Waals surface area contributed by atoms with Crippen molar-refractivity contribution in [2.24, 2.45) is 0 Å². The van der Waals surface area contributed by atoms with Crippen LogP contribution in [-0.2, 0) is 23.9 Å². The van der Waals surface area contributed by atoms with Crippen molar-refractivity contribution in [2.45, 2.75) is 44.8 Å². The molecule has 0 N–H and O–H groups in total. The molecule has 2 heterocycles. The Balaban J connectivity index is 0.000000216. The van der Waals surface area contributed by atoms with Gasteiger partial charge in [-0.15, -0.1) is 6.58 Å². The molecule has 2 aliphatic heterocycles. The first kappa shape index (κ1) is 29.6. The molecule has 0 aliphatic carbocycles. The predicted molar refractivity (Wildman–Crippen MR) is 144 cm³/mol. The molecular formula is C30H34N2O7. The number of imide groups is 2. The Morgan fingerprint density at radius 3 is 1.62 bits per heavy atom. The van der Waals surface area contributed by atoms with Crippen LogP contribution < -0.4 is 0 Å². The summed E-state index contributed by atoms with van der Waals surface area (Å²) in [5.74, 6) is -1.52. The smallest absolute Gasteiger partial charge is 0.261 e. The number of morpholine rings is 2. The number of ether oxygens (including phenoxy) is 2. The van der Waals surface area contributed by atoms with Gasteiger partial charge in [-0.2, -0.15) is 0 Å². The van der Waals surface area contributed by atoms with Gasteiger partial charge in [-0.05, 0) is 45.0 Å². The van der Waals surface area contributed by atoms with Gasteiger partial charge in [-0.25, -0.2) is 0 Å². The molecule has 4 amide bonds. The van der Waals surface area contributed by atoms with Gasteiger partial charge in [-0.3, -0.25) is 33.8 Å². The summed E-state index contributed by atoms with van der Waals surface area (Å²) in [6.07, 6.45) is 2.00. The van der Waals surface area contributed by atoms with Crippen LogP contribution in [0, 0.1) is 0 Å². The molecule has 0 bridgehead atoms. The first-order chi connectivity index (χ1) is 18.5. The molecule has 0 saturated carbocycles. The van der Waals surface area contributed by atoms with E-state index in [0.717, 1.165) is 0 Å². The first-order valence-corrected chi connectivity index (χ1v) is 12.7. The number of nitrogens with zero attached hydrogens (tertiary/aromatic N) is 2. The quantitative estimate of drug-likeness (QED) is 0.412. The van der Waals surface area contributed by atoms with Crippen molar-refractivity contribution in [2.75, 3.05) is 26.3 Å². The lowest BCUT2D eigenvalue weighted by atomic mass is 9.96. The number of carbonyl (C=O) groups is 5. The second kappa shape index (κ2) is 12.7. The van der Waals surface area contributed by atoms with Crippen molar-refractivity contribution in [1.29, 1.82) is 0 Å². The van der Waals surface area contributed by atoms with Gasteiger partial charge in [0.1, 0.15) is 11.4 Å². The molecule has 2 atom stereocenters. The van der Waals surface area contributed by atoms with Gasteiger partial charge in [0, 0.05) is 24.0 Å². The first-order valence-electron chi connectivity index (χ1n) is 12.7. The number of hydrogen-bond donors (Lipinski definition) is 0. The van der Waals surface area contributed by atoms with Crippen LogP contribution in [0.5, 0.6) is 0 Å². The molecule has 2 fully saturated rings. The van der Waals surface area contributed by atoms with Gasteiger partial charge < -0.3 is 9.47 Å². The summed E-state index contributed by atoms with van der Waals surface area (Å²) in [6, 6.07) is 17.4. The highest BCUT2D eigenvalue weighted by atomic mass is 16.5. The number of amides is 4. The standard InChI is InChI=1S/C15H17NO4.C15H17NO3/c1-11(17)10-15(2)14(19)16(8-9-20-15)13(18)12-6-4-3-5-7-12;1-3-9-15(2)14(18)16(10-11-19-15)13(17)12-7-5-4-6-8-12/h3-7H,8-10H2,1-2H3;3-8H,1,9-11H2,2H3/t2*15-/m00/s1. The molecular weight excluding hydrogens is 500 g/mol. The van der Waals surface area contributed by atoms with Crippen LogP contribution in [0.25, 0.3) is 0 Å². The van der Waals surface area contributed by atoms with Crippen molar-refractivity contribution in [1.82, 2.24) is 9.80 Å². The number of benzene rings is 2. The second-order valence-corrected chi connectivity index (χ2v) is 9.79. The Bertz CT molecular complexity index is 1230. The zero-order valence-electron chi connectivity index (χ0n) is 22.6. The van der Waals surface area contributed by atoms with E-state index in [1.54, 1.807) is 74.5 Å². The van der Waals surface area contributed by atoms with Gasteiger partial charge in [0.2, 0.25) is 0 Å². The van der Waals surface area contributed by atoms with E-state index in [1.807, 2.05) is 6.07 Å². The van der Waals surface area contributed by atoms with Crippen LogP contribution in [-0.4, -0.2) is 76.7 Å². The Hall–Kier alpha value is -3.95. The van der Waals surface area contributed by atoms with E-state index in [0.29, 0.717) is 30.7 Å². The Morgan fingerprint density at radius 2 is 1.21 bits per heavy atom. The number of hydrogen-bond acceptors (Lipinski definition) is 7. The average Bonchev–Trinajstić information content (AvgIpc) is 2.92. The van der Waals surface area contributed by atoms with Gasteiger partial charge in [0.05, 0.1) is 26.3 Å². The lowest BCUT2D eigenvalue weighted by Gasteiger charge is -2.37. The lowest BCUT2D eigenvalue weighted by Crippen LogP contribution is -2.57. The Labute approximate surface area is 228 Å². The minimum atomic E-state index is -1.24. The maximum absolute atomic E-state index is 12.4. The molecule has 9 heteroatoms. The maximum atomic E-state index is 12.4. The third-order valence-electron chi connectivity index (χ3n) is 6.52. The second-order valence-electron chi connectivity index (χ2n) is 9.79. The van der Waals surface area contributed by atoms with Gasteiger partial charge in [-0.1, -0.05) is 42.5 Å². The summed E-state index contributed by atoms with van der Waals surface area (Å²) in [6.45, 7) is 9.38. The Kier molecular flexibility index (Phi) is 9.66. The van der Waals surface area contributed by atoms with Gasteiger partial charge in [0.15, 0.2) is 5.60 Å². The summed E-state index contributed by atoms with van der Waals surface area (Å²) < 4.78 is 11.0. The summed E-state index contributed by atoms with van der Waals surface area (Å²) in [4.78, 5) is 63.2. The van der Waals surface area contributed by atoms with Crippen molar-refractivity contribution in [3.63, 3.8) is 0 Å². The highest BCUT2D eigenvalue weighted by Gasteiger charge is 2.45. The molecule has 2 aliphatic rings. The van der Waals surface area contributed by atoms with E-state index < -0.39 is 17.1 Å². The minimum absolute atomic E-state index is 0.0234. The third kappa shape index (κ3) is 6.93. The third-order valence-corrected chi connectivity index (χ3v) is 6.52. The van der Waals surface area contributed by atoms with Crippen molar-refractivity contribution < 1.29 is 33.4 Å². The van der Waals surface area contributed by atoms with E-state index in [2.05, 4.69) is 6.58 Å². The fraction of sp³-hybridized carbons (Fsp3) is 0.367. The van der Waals surface area contributed by atoms with Crippen LogP contribution >= 0.6 is 0 Å². The molecule has 206 valence electrons. The molecule has 2 saturated heterocycles. The largest absolute Gasteiger partial charge is 0.363 e. The van der Waals surface area contributed by atoms with E-state index >= 15 is 0 Å². The molecule has 4 rings (SSSR count). The van der Waals surface area contributed by atoms with Gasteiger partial charge in [0.25, 0.3) is 23.6 Å². The zero-order valence-corrected chi connectivity index (χ0v) is 22.6. The fourth-order valence-electron chi connectivity index (χ4n) is 4.51. The van der Waals surface area contributed by atoms with Crippen LogP contribution in [0.3, 0.4) is 0 Å². The summed E-state index contributed by atoms with van der Waals surface area (Å²) in [5, 5.41) is 0. The lowest BCUT2D eigenvalue weighted by molar-refractivity contribution is -0.167. The predicted octanol–water partition coefficient (Wildman–Crippen LogP) is 3.44. The van der Waals surface area contributed by atoms with E-state index in [-0.39, 0.29) is 43.1 Å². The number of Topliss-reactive ketones (excluding diaryl/α,β-unsaturated/α-hetero) is 1. The van der Waals surface area contributed by atoms with Crippen molar-refractivity contribution >= 4 is 29.4 Å².